The molecular formula is C13H18N2O3S. The quantitative estimate of drug-likeness (QED) is 0.870. The zero-order chi connectivity index (χ0) is 14.4. The number of carbonyl (C=O) groups excluding carboxylic acids is 1. The molecular weight excluding hydrogens is 264 g/mol. The van der Waals surface area contributed by atoms with Gasteiger partial charge in [-0.05, 0) is 30.9 Å². The molecule has 1 rings (SSSR count). The molecule has 0 aromatic heterocycles. The van der Waals surface area contributed by atoms with E-state index in [1.165, 1.54) is 6.07 Å². The molecule has 2 amide bonds. The van der Waals surface area contributed by atoms with Crippen LogP contribution in [-0.4, -0.2) is 47.6 Å². The van der Waals surface area contributed by atoms with Crippen LogP contribution in [0.4, 0.5) is 10.5 Å². The average Bonchev–Trinajstić information content (AvgIpc) is 2.37. The van der Waals surface area contributed by atoms with E-state index in [0.717, 1.165) is 5.75 Å². The van der Waals surface area contributed by atoms with E-state index in [-0.39, 0.29) is 11.6 Å². The van der Waals surface area contributed by atoms with Crippen LogP contribution in [0.3, 0.4) is 0 Å². The number of aromatic carboxylic acids is 1. The first-order valence-corrected chi connectivity index (χ1v) is 7.20. The number of nitrogens with one attached hydrogen (secondary N) is 1. The summed E-state index contributed by atoms with van der Waals surface area (Å²) >= 11 is 1.66. The number of hydrogen-bond acceptors (Lipinski definition) is 3. The summed E-state index contributed by atoms with van der Waals surface area (Å²) < 4.78 is 0. The molecule has 0 aliphatic carbocycles. The number of carboxylic acids is 1. The zero-order valence-electron chi connectivity index (χ0n) is 11.3. The first-order valence-electron chi connectivity index (χ1n) is 5.81. The molecule has 0 radical (unpaired) electrons. The van der Waals surface area contributed by atoms with E-state index in [9.17, 15) is 9.59 Å². The monoisotopic (exact) mass is 282 g/mol. The molecule has 0 spiro atoms. The van der Waals surface area contributed by atoms with Gasteiger partial charge in [0.05, 0.1) is 5.56 Å². The highest BCUT2D eigenvalue weighted by Crippen LogP contribution is 2.19. The van der Waals surface area contributed by atoms with Crippen molar-refractivity contribution in [3.8, 4) is 0 Å². The lowest BCUT2D eigenvalue weighted by Crippen LogP contribution is -2.33. The van der Waals surface area contributed by atoms with Gasteiger partial charge in [0.1, 0.15) is 0 Å². The lowest BCUT2D eigenvalue weighted by atomic mass is 10.1. The minimum absolute atomic E-state index is 0.199. The molecule has 0 bridgehead atoms. The molecule has 1 aromatic rings. The highest BCUT2D eigenvalue weighted by Gasteiger charge is 2.13. The van der Waals surface area contributed by atoms with Gasteiger partial charge in [-0.15, -0.1) is 0 Å². The summed E-state index contributed by atoms with van der Waals surface area (Å²) in [5, 5.41) is 11.8. The second kappa shape index (κ2) is 7.04. The Labute approximate surface area is 117 Å². The molecule has 6 heteroatoms. The molecule has 0 saturated heterocycles. The van der Waals surface area contributed by atoms with Crippen LogP contribution >= 0.6 is 11.8 Å². The molecule has 104 valence electrons. The highest BCUT2D eigenvalue weighted by atomic mass is 32.2. The average molecular weight is 282 g/mol. The normalized spacial score (nSPS) is 10.1. The number of urea groups is 1. The molecule has 0 atom stereocenters. The summed E-state index contributed by atoms with van der Waals surface area (Å²) in [6.07, 6.45) is 1.98. The van der Waals surface area contributed by atoms with Crippen LogP contribution < -0.4 is 5.32 Å². The summed E-state index contributed by atoms with van der Waals surface area (Å²) in [4.78, 5) is 24.5. The van der Waals surface area contributed by atoms with Crippen LogP contribution in [0.2, 0.25) is 0 Å². The predicted octanol–water partition coefficient (Wildman–Crippen LogP) is 2.52. The van der Waals surface area contributed by atoms with Gasteiger partial charge in [0.15, 0.2) is 0 Å². The summed E-state index contributed by atoms with van der Waals surface area (Å²) in [5.41, 5.74) is 1.28. The lowest BCUT2D eigenvalue weighted by molar-refractivity contribution is 0.0696. The third-order valence-corrected chi connectivity index (χ3v) is 3.37. The Balaban J connectivity index is 2.80. The number of rotatable bonds is 5. The van der Waals surface area contributed by atoms with Crippen molar-refractivity contribution >= 4 is 29.4 Å². The zero-order valence-corrected chi connectivity index (χ0v) is 12.1. The topological polar surface area (TPSA) is 69.6 Å². The van der Waals surface area contributed by atoms with Crippen LogP contribution in [0.25, 0.3) is 0 Å². The fourth-order valence-corrected chi connectivity index (χ4v) is 2.00. The molecule has 0 fully saturated rings. The van der Waals surface area contributed by atoms with Gasteiger partial charge in [0, 0.05) is 25.0 Å². The van der Waals surface area contributed by atoms with E-state index in [0.29, 0.717) is 17.8 Å². The fourth-order valence-electron chi connectivity index (χ4n) is 1.54. The van der Waals surface area contributed by atoms with E-state index < -0.39 is 5.97 Å². The van der Waals surface area contributed by atoms with Crippen molar-refractivity contribution in [2.45, 2.75) is 6.92 Å². The SMILES string of the molecule is CSCCN(C)C(=O)Nc1cccc(C(=O)O)c1C. The number of thioether (sulfide) groups is 1. The number of carboxylic acid groups (broad SMARTS) is 1. The van der Waals surface area contributed by atoms with Crippen LogP contribution in [0.1, 0.15) is 15.9 Å². The molecule has 0 aliphatic heterocycles. The second-order valence-corrected chi connectivity index (χ2v) is 5.11. The van der Waals surface area contributed by atoms with Crippen molar-refractivity contribution < 1.29 is 14.7 Å². The van der Waals surface area contributed by atoms with E-state index >= 15 is 0 Å². The molecule has 0 aliphatic rings. The Morgan fingerprint density at radius 1 is 1.42 bits per heavy atom. The third-order valence-electron chi connectivity index (χ3n) is 2.78. The Morgan fingerprint density at radius 2 is 2.11 bits per heavy atom. The van der Waals surface area contributed by atoms with Crippen molar-refractivity contribution in [1.82, 2.24) is 4.90 Å². The Morgan fingerprint density at radius 3 is 2.68 bits per heavy atom. The van der Waals surface area contributed by atoms with E-state index in [4.69, 9.17) is 5.11 Å². The minimum atomic E-state index is -0.996. The largest absolute Gasteiger partial charge is 0.478 e. The number of benzene rings is 1. The molecule has 0 saturated carbocycles. The smallest absolute Gasteiger partial charge is 0.336 e. The lowest BCUT2D eigenvalue weighted by Gasteiger charge is -2.18. The maximum Gasteiger partial charge on any atom is 0.336 e. The maximum absolute atomic E-state index is 11.9. The first-order chi connectivity index (χ1) is 8.97. The predicted molar refractivity (Wildman–Crippen MR) is 78.2 cm³/mol. The Hall–Kier alpha value is -1.69. The van der Waals surface area contributed by atoms with Crippen molar-refractivity contribution in [1.29, 1.82) is 0 Å². The molecule has 1 aromatic carbocycles. The van der Waals surface area contributed by atoms with Crippen molar-refractivity contribution in [3.05, 3.63) is 29.3 Å². The van der Waals surface area contributed by atoms with Gasteiger partial charge in [-0.1, -0.05) is 6.07 Å². The Kier molecular flexibility index (Phi) is 5.69. The molecule has 2 N–H and O–H groups in total. The highest BCUT2D eigenvalue weighted by molar-refractivity contribution is 7.98. The van der Waals surface area contributed by atoms with Gasteiger partial charge in [-0.3, -0.25) is 0 Å². The van der Waals surface area contributed by atoms with Crippen LogP contribution in [0.15, 0.2) is 18.2 Å². The number of amides is 2. The molecule has 19 heavy (non-hydrogen) atoms. The van der Waals surface area contributed by atoms with E-state index in [1.807, 2.05) is 6.26 Å². The number of carbonyl (C=O) groups is 2. The summed E-state index contributed by atoms with van der Waals surface area (Å²) in [6.45, 7) is 2.33. The summed E-state index contributed by atoms with van der Waals surface area (Å²) in [7, 11) is 1.71. The number of nitrogens with zero attached hydrogens (tertiary/aromatic N) is 1. The van der Waals surface area contributed by atoms with Crippen LogP contribution in [-0.2, 0) is 0 Å². The van der Waals surface area contributed by atoms with Crippen molar-refractivity contribution in [3.63, 3.8) is 0 Å². The van der Waals surface area contributed by atoms with Gasteiger partial charge in [0.2, 0.25) is 0 Å². The molecule has 0 unspecified atom stereocenters. The van der Waals surface area contributed by atoms with Crippen LogP contribution in [0, 0.1) is 6.92 Å². The third kappa shape index (κ3) is 4.17. The summed E-state index contributed by atoms with van der Waals surface area (Å²) in [6, 6.07) is 4.60. The van der Waals surface area contributed by atoms with Gasteiger partial charge in [-0.2, -0.15) is 11.8 Å². The number of hydrogen-bond donors (Lipinski definition) is 2. The fraction of sp³-hybridized carbons (Fsp3) is 0.385. The van der Waals surface area contributed by atoms with Gasteiger partial charge < -0.3 is 15.3 Å². The van der Waals surface area contributed by atoms with E-state index in [1.54, 1.807) is 42.8 Å². The standard InChI is InChI=1S/C13H18N2O3S/c1-9-10(12(16)17)5-4-6-11(9)14-13(18)15(2)7-8-19-3/h4-6H,7-8H2,1-3H3,(H,14,18)(H,16,17). The number of anilines is 1. The summed E-state index contributed by atoms with van der Waals surface area (Å²) in [5.74, 6) is -0.137. The van der Waals surface area contributed by atoms with Gasteiger partial charge in [0.25, 0.3) is 0 Å². The Bertz CT molecular complexity index is 477. The first kappa shape index (κ1) is 15.4. The minimum Gasteiger partial charge on any atom is -0.478 e. The second-order valence-electron chi connectivity index (χ2n) is 4.13. The van der Waals surface area contributed by atoms with Crippen molar-refractivity contribution in [2.24, 2.45) is 0 Å². The van der Waals surface area contributed by atoms with E-state index in [2.05, 4.69) is 5.32 Å². The molecule has 5 nitrogen and oxygen atoms in total. The van der Waals surface area contributed by atoms with Gasteiger partial charge >= 0.3 is 12.0 Å². The maximum atomic E-state index is 11.9. The van der Waals surface area contributed by atoms with Gasteiger partial charge in [-0.25, -0.2) is 9.59 Å². The molecule has 0 heterocycles. The van der Waals surface area contributed by atoms with Crippen molar-refractivity contribution in [2.75, 3.05) is 30.9 Å². The van der Waals surface area contributed by atoms with Crippen LogP contribution in [0.5, 0.6) is 0 Å².